The lowest BCUT2D eigenvalue weighted by Gasteiger charge is -2.24. The molecule has 1 fully saturated rings. The fourth-order valence-electron chi connectivity index (χ4n) is 2.08. The van der Waals surface area contributed by atoms with E-state index < -0.39 is 0 Å². The Morgan fingerprint density at radius 3 is 2.87 bits per heavy atom. The molecule has 1 aromatic heterocycles. The van der Waals surface area contributed by atoms with Gasteiger partial charge in [0.05, 0.1) is 0 Å². The second kappa shape index (κ2) is 5.07. The van der Waals surface area contributed by atoms with Gasteiger partial charge in [-0.05, 0) is 12.8 Å². The van der Waals surface area contributed by atoms with Gasteiger partial charge in [-0.15, -0.1) is 0 Å². The number of nitrogens with two attached hydrogens (primary N) is 1. The third-order valence-corrected chi connectivity index (χ3v) is 2.95. The fourth-order valence-corrected chi connectivity index (χ4v) is 2.08. The Morgan fingerprint density at radius 1 is 1.33 bits per heavy atom. The summed E-state index contributed by atoms with van der Waals surface area (Å²) < 4.78 is 0. The maximum Gasteiger partial charge on any atom is 0.134 e. The standard InChI is InChI=1S/C11H18N4/c12-6-9-7-13-8-14-11(9)15-10-4-2-1-3-5-10/h7-8,10H,1-6,12H2,(H,13,14,15). The first-order valence-electron chi connectivity index (χ1n) is 5.65. The Hall–Kier alpha value is -1.16. The van der Waals surface area contributed by atoms with Crippen molar-refractivity contribution in [1.82, 2.24) is 9.97 Å². The minimum atomic E-state index is 0.496. The van der Waals surface area contributed by atoms with E-state index in [9.17, 15) is 0 Å². The Kier molecular flexibility index (Phi) is 3.50. The lowest BCUT2D eigenvalue weighted by molar-refractivity contribution is 0.461. The zero-order valence-electron chi connectivity index (χ0n) is 8.95. The largest absolute Gasteiger partial charge is 0.367 e. The summed E-state index contributed by atoms with van der Waals surface area (Å²) in [4.78, 5) is 8.22. The van der Waals surface area contributed by atoms with E-state index >= 15 is 0 Å². The highest BCUT2D eigenvalue weighted by molar-refractivity contribution is 5.42. The molecule has 1 aliphatic carbocycles. The second-order valence-electron chi connectivity index (χ2n) is 4.08. The minimum absolute atomic E-state index is 0.496. The molecule has 82 valence electrons. The molecule has 1 saturated carbocycles. The molecule has 4 nitrogen and oxygen atoms in total. The number of nitrogens with one attached hydrogen (secondary N) is 1. The van der Waals surface area contributed by atoms with Gasteiger partial charge in [0.2, 0.25) is 0 Å². The summed E-state index contributed by atoms with van der Waals surface area (Å²) in [5, 5.41) is 3.47. The average molecular weight is 206 g/mol. The second-order valence-corrected chi connectivity index (χ2v) is 4.08. The molecule has 0 spiro atoms. The quantitative estimate of drug-likeness (QED) is 0.789. The van der Waals surface area contributed by atoms with Crippen molar-refractivity contribution in [1.29, 1.82) is 0 Å². The molecule has 0 aromatic carbocycles. The van der Waals surface area contributed by atoms with E-state index in [0.29, 0.717) is 12.6 Å². The molecule has 0 atom stereocenters. The van der Waals surface area contributed by atoms with Crippen LogP contribution in [0.3, 0.4) is 0 Å². The highest BCUT2D eigenvalue weighted by atomic mass is 15.0. The number of anilines is 1. The molecule has 0 saturated heterocycles. The number of hydrogen-bond acceptors (Lipinski definition) is 4. The van der Waals surface area contributed by atoms with E-state index in [1.165, 1.54) is 32.1 Å². The van der Waals surface area contributed by atoms with Crippen LogP contribution in [0.15, 0.2) is 12.5 Å². The molecule has 15 heavy (non-hydrogen) atoms. The van der Waals surface area contributed by atoms with E-state index in [2.05, 4.69) is 15.3 Å². The van der Waals surface area contributed by atoms with Gasteiger partial charge in [0.25, 0.3) is 0 Å². The van der Waals surface area contributed by atoms with Gasteiger partial charge < -0.3 is 11.1 Å². The smallest absolute Gasteiger partial charge is 0.134 e. The molecule has 3 N–H and O–H groups in total. The molecule has 0 radical (unpaired) electrons. The van der Waals surface area contributed by atoms with Gasteiger partial charge >= 0.3 is 0 Å². The van der Waals surface area contributed by atoms with Crippen molar-refractivity contribution in [2.45, 2.75) is 44.7 Å². The Balaban J connectivity index is 2.02. The Bertz CT molecular complexity index is 307. The fraction of sp³-hybridized carbons (Fsp3) is 0.636. The highest BCUT2D eigenvalue weighted by Gasteiger charge is 2.14. The third kappa shape index (κ3) is 2.65. The molecule has 0 aliphatic heterocycles. The van der Waals surface area contributed by atoms with Gasteiger partial charge in [0.15, 0.2) is 0 Å². The van der Waals surface area contributed by atoms with Crippen LogP contribution < -0.4 is 11.1 Å². The molecule has 2 rings (SSSR count). The van der Waals surface area contributed by atoms with Crippen molar-refractivity contribution in [3.8, 4) is 0 Å². The summed E-state index contributed by atoms with van der Waals surface area (Å²) in [6, 6.07) is 0.568. The molecule has 4 heteroatoms. The number of nitrogens with zero attached hydrogens (tertiary/aromatic N) is 2. The summed E-state index contributed by atoms with van der Waals surface area (Å²) >= 11 is 0. The van der Waals surface area contributed by atoms with Crippen LogP contribution in [0.25, 0.3) is 0 Å². The number of aromatic nitrogens is 2. The van der Waals surface area contributed by atoms with Gasteiger partial charge in [-0.2, -0.15) is 0 Å². The van der Waals surface area contributed by atoms with E-state index in [1.807, 2.05) is 0 Å². The first-order chi connectivity index (χ1) is 7.40. The lowest BCUT2D eigenvalue weighted by Crippen LogP contribution is -2.24. The van der Waals surface area contributed by atoms with E-state index in [1.54, 1.807) is 12.5 Å². The van der Waals surface area contributed by atoms with Gasteiger partial charge in [0, 0.05) is 24.3 Å². The van der Waals surface area contributed by atoms with E-state index in [0.717, 1.165) is 11.4 Å². The van der Waals surface area contributed by atoms with E-state index in [4.69, 9.17) is 5.73 Å². The number of rotatable bonds is 3. The van der Waals surface area contributed by atoms with Crippen LogP contribution in [0, 0.1) is 0 Å². The molecular weight excluding hydrogens is 188 g/mol. The zero-order chi connectivity index (χ0) is 10.5. The molecule has 1 heterocycles. The van der Waals surface area contributed by atoms with Crippen LogP contribution in [0.5, 0.6) is 0 Å². The van der Waals surface area contributed by atoms with Crippen LogP contribution in [-0.2, 0) is 6.54 Å². The monoisotopic (exact) mass is 206 g/mol. The predicted octanol–water partition coefficient (Wildman–Crippen LogP) is 1.68. The Labute approximate surface area is 90.3 Å². The van der Waals surface area contributed by atoms with Crippen LogP contribution in [0.2, 0.25) is 0 Å². The summed E-state index contributed by atoms with van der Waals surface area (Å²) in [7, 11) is 0. The summed E-state index contributed by atoms with van der Waals surface area (Å²) in [5.74, 6) is 0.916. The van der Waals surface area contributed by atoms with Crippen LogP contribution in [-0.4, -0.2) is 16.0 Å². The van der Waals surface area contributed by atoms with Crippen molar-refractivity contribution in [3.05, 3.63) is 18.1 Å². The topological polar surface area (TPSA) is 63.8 Å². The lowest BCUT2D eigenvalue weighted by atomic mass is 9.95. The highest BCUT2D eigenvalue weighted by Crippen LogP contribution is 2.21. The first kappa shape index (κ1) is 10.4. The molecule has 1 aromatic rings. The van der Waals surface area contributed by atoms with Crippen molar-refractivity contribution >= 4 is 5.82 Å². The van der Waals surface area contributed by atoms with Crippen LogP contribution in [0.4, 0.5) is 5.82 Å². The molecule has 0 amide bonds. The summed E-state index contributed by atoms with van der Waals surface area (Å²) in [6.07, 6.45) is 9.86. The maximum absolute atomic E-state index is 5.64. The van der Waals surface area contributed by atoms with Crippen molar-refractivity contribution in [2.75, 3.05) is 5.32 Å². The molecule has 0 bridgehead atoms. The normalized spacial score (nSPS) is 17.7. The van der Waals surface area contributed by atoms with Crippen molar-refractivity contribution in [3.63, 3.8) is 0 Å². The number of hydrogen-bond donors (Lipinski definition) is 2. The van der Waals surface area contributed by atoms with Crippen LogP contribution in [0.1, 0.15) is 37.7 Å². The van der Waals surface area contributed by atoms with Gasteiger partial charge in [0.1, 0.15) is 12.1 Å². The molecular formula is C11H18N4. The first-order valence-corrected chi connectivity index (χ1v) is 5.65. The van der Waals surface area contributed by atoms with Gasteiger partial charge in [-0.25, -0.2) is 9.97 Å². The molecule has 1 aliphatic rings. The van der Waals surface area contributed by atoms with Gasteiger partial charge in [-0.1, -0.05) is 19.3 Å². The Morgan fingerprint density at radius 2 is 2.13 bits per heavy atom. The average Bonchev–Trinajstić information content (AvgIpc) is 2.31. The van der Waals surface area contributed by atoms with Crippen molar-refractivity contribution in [2.24, 2.45) is 5.73 Å². The zero-order valence-corrected chi connectivity index (χ0v) is 8.95. The third-order valence-electron chi connectivity index (χ3n) is 2.95. The SMILES string of the molecule is NCc1cncnc1NC1CCCCC1. The van der Waals surface area contributed by atoms with Gasteiger partial charge in [-0.3, -0.25) is 0 Å². The molecule has 0 unspecified atom stereocenters. The maximum atomic E-state index is 5.64. The summed E-state index contributed by atoms with van der Waals surface area (Å²) in [6.45, 7) is 0.496. The summed E-state index contributed by atoms with van der Waals surface area (Å²) in [5.41, 5.74) is 6.64. The van der Waals surface area contributed by atoms with E-state index in [-0.39, 0.29) is 0 Å². The van der Waals surface area contributed by atoms with Crippen molar-refractivity contribution < 1.29 is 0 Å². The van der Waals surface area contributed by atoms with Crippen LogP contribution >= 0.6 is 0 Å². The predicted molar refractivity (Wildman–Crippen MR) is 60.4 cm³/mol. The minimum Gasteiger partial charge on any atom is -0.367 e.